The van der Waals surface area contributed by atoms with Crippen LogP contribution in [0.2, 0.25) is 0 Å². The van der Waals surface area contributed by atoms with Crippen molar-refractivity contribution < 1.29 is 14.3 Å². The predicted molar refractivity (Wildman–Crippen MR) is 132 cm³/mol. The van der Waals surface area contributed by atoms with Crippen LogP contribution in [0.1, 0.15) is 34.0 Å². The molecule has 0 saturated carbocycles. The highest BCUT2D eigenvalue weighted by atomic mass is 16.5. The van der Waals surface area contributed by atoms with Gasteiger partial charge in [-0.3, -0.25) is 4.79 Å². The van der Waals surface area contributed by atoms with Crippen LogP contribution in [0.5, 0.6) is 23.0 Å². The summed E-state index contributed by atoms with van der Waals surface area (Å²) in [5, 5.41) is 7.48. The molecule has 4 aromatic rings. The van der Waals surface area contributed by atoms with Crippen molar-refractivity contribution in [1.29, 1.82) is 5.41 Å². The number of allylic oxidation sites excluding steroid dienone is 1. The maximum absolute atomic E-state index is 12.9. The topological polar surface area (TPSA) is 59.4 Å². The Kier molecular flexibility index (Phi) is 6.76. The summed E-state index contributed by atoms with van der Waals surface area (Å²) in [6.07, 6.45) is 5.21. The van der Waals surface area contributed by atoms with Gasteiger partial charge in [0.1, 0.15) is 23.0 Å². The van der Waals surface area contributed by atoms with Crippen LogP contribution >= 0.6 is 0 Å². The van der Waals surface area contributed by atoms with Gasteiger partial charge in [0.2, 0.25) is 0 Å². The number of benzene rings is 4. The van der Waals surface area contributed by atoms with E-state index in [0.717, 1.165) is 11.3 Å². The maximum Gasteiger partial charge on any atom is 0.193 e. The zero-order chi connectivity index (χ0) is 23.0. The smallest absolute Gasteiger partial charge is 0.193 e. The van der Waals surface area contributed by atoms with Crippen LogP contribution in [-0.4, -0.2) is 12.0 Å². The fourth-order valence-corrected chi connectivity index (χ4v) is 3.35. The van der Waals surface area contributed by atoms with E-state index >= 15 is 0 Å². The zero-order valence-electron chi connectivity index (χ0n) is 18.2. The second kappa shape index (κ2) is 10.2. The molecule has 0 unspecified atom stereocenters. The van der Waals surface area contributed by atoms with E-state index < -0.39 is 0 Å². The molecule has 0 aliphatic carbocycles. The highest BCUT2D eigenvalue weighted by Gasteiger charge is 2.11. The molecule has 4 heteroatoms. The molecule has 0 fully saturated rings. The summed E-state index contributed by atoms with van der Waals surface area (Å²) >= 11 is 0. The van der Waals surface area contributed by atoms with Crippen molar-refractivity contribution in [2.24, 2.45) is 0 Å². The Balaban J connectivity index is 1.46. The molecule has 0 amide bonds. The molecule has 4 nitrogen and oxygen atoms in total. The van der Waals surface area contributed by atoms with E-state index in [1.807, 2.05) is 61.5 Å². The van der Waals surface area contributed by atoms with Gasteiger partial charge in [0.15, 0.2) is 5.78 Å². The summed E-state index contributed by atoms with van der Waals surface area (Å²) in [6, 6.07) is 29.2. The third-order valence-corrected chi connectivity index (χ3v) is 5.03. The van der Waals surface area contributed by atoms with E-state index in [9.17, 15) is 4.79 Å². The second-order valence-corrected chi connectivity index (χ2v) is 7.30. The second-order valence-electron chi connectivity index (χ2n) is 7.30. The van der Waals surface area contributed by atoms with Crippen molar-refractivity contribution in [2.75, 3.05) is 0 Å². The SMILES string of the molecule is C/C=C\c1ccccc1Oc1ccc(C(=O)c2ccc(Oc3ccccc3C=N)cc2)cc1. The quantitative estimate of drug-likeness (QED) is 0.231. The Hall–Kier alpha value is -4.44. The van der Waals surface area contributed by atoms with Crippen molar-refractivity contribution in [3.05, 3.63) is 125 Å². The van der Waals surface area contributed by atoms with Crippen molar-refractivity contribution in [2.45, 2.75) is 6.92 Å². The minimum atomic E-state index is -0.0812. The van der Waals surface area contributed by atoms with Crippen molar-refractivity contribution in [3.63, 3.8) is 0 Å². The number of hydrogen-bond donors (Lipinski definition) is 1. The van der Waals surface area contributed by atoms with Crippen LogP contribution in [0, 0.1) is 5.41 Å². The van der Waals surface area contributed by atoms with Crippen LogP contribution in [0.4, 0.5) is 0 Å². The first-order chi connectivity index (χ1) is 16.2. The van der Waals surface area contributed by atoms with Crippen LogP contribution in [0.25, 0.3) is 6.08 Å². The van der Waals surface area contributed by atoms with E-state index in [0.29, 0.717) is 33.9 Å². The first-order valence-corrected chi connectivity index (χ1v) is 10.6. The van der Waals surface area contributed by atoms with E-state index in [4.69, 9.17) is 14.9 Å². The van der Waals surface area contributed by atoms with E-state index in [1.165, 1.54) is 6.21 Å². The largest absolute Gasteiger partial charge is 0.457 e. The van der Waals surface area contributed by atoms with Crippen LogP contribution < -0.4 is 9.47 Å². The monoisotopic (exact) mass is 433 g/mol. The predicted octanol–water partition coefficient (Wildman–Crippen LogP) is 7.53. The Morgan fingerprint density at radius 1 is 0.667 bits per heavy atom. The molecular formula is C29H23NO3. The number of rotatable bonds is 8. The third kappa shape index (κ3) is 5.25. The van der Waals surface area contributed by atoms with E-state index in [2.05, 4.69) is 0 Å². The summed E-state index contributed by atoms with van der Waals surface area (Å²) in [6.45, 7) is 1.96. The molecule has 0 aliphatic rings. The molecule has 0 saturated heterocycles. The van der Waals surface area contributed by atoms with Crippen molar-refractivity contribution >= 4 is 18.1 Å². The normalized spacial score (nSPS) is 10.7. The maximum atomic E-state index is 12.9. The molecule has 4 aromatic carbocycles. The molecule has 4 rings (SSSR count). The lowest BCUT2D eigenvalue weighted by atomic mass is 10.0. The highest BCUT2D eigenvalue weighted by molar-refractivity contribution is 6.09. The highest BCUT2D eigenvalue weighted by Crippen LogP contribution is 2.28. The average molecular weight is 434 g/mol. The zero-order valence-corrected chi connectivity index (χ0v) is 18.2. The lowest BCUT2D eigenvalue weighted by Gasteiger charge is -2.10. The van der Waals surface area contributed by atoms with Crippen molar-refractivity contribution in [1.82, 2.24) is 0 Å². The molecule has 0 spiro atoms. The van der Waals surface area contributed by atoms with Crippen LogP contribution in [0.3, 0.4) is 0 Å². The summed E-state index contributed by atoms with van der Waals surface area (Å²) in [5.41, 5.74) is 2.82. The van der Waals surface area contributed by atoms with Crippen LogP contribution in [-0.2, 0) is 0 Å². The molecule has 0 bridgehead atoms. The van der Waals surface area contributed by atoms with Gasteiger partial charge in [0.05, 0.1) is 0 Å². The minimum absolute atomic E-state index is 0.0812. The number of hydrogen-bond acceptors (Lipinski definition) is 4. The number of carbonyl (C=O) groups is 1. The van der Waals surface area contributed by atoms with E-state index in [1.54, 1.807) is 54.6 Å². The standard InChI is InChI=1S/C29H23NO3/c1-2-7-21-8-3-5-10-27(21)32-25-16-12-22(13-17-25)29(31)23-14-18-26(19-15-23)33-28-11-6-4-9-24(28)20-30/h2-20,30H,1H3/b7-2-,30-20?. The molecule has 33 heavy (non-hydrogen) atoms. The van der Waals surface area contributed by atoms with Gasteiger partial charge in [-0.15, -0.1) is 0 Å². The molecule has 1 N–H and O–H groups in total. The number of nitrogens with one attached hydrogen (secondary N) is 1. The van der Waals surface area contributed by atoms with Gasteiger partial charge in [-0.05, 0) is 73.7 Å². The van der Waals surface area contributed by atoms with Crippen LogP contribution in [0.15, 0.2) is 103 Å². The average Bonchev–Trinajstić information content (AvgIpc) is 2.86. The van der Waals surface area contributed by atoms with Gasteiger partial charge in [-0.25, -0.2) is 0 Å². The number of para-hydroxylation sites is 2. The Bertz CT molecular complexity index is 1290. The first-order valence-electron chi connectivity index (χ1n) is 10.6. The Morgan fingerprint density at radius 3 is 1.61 bits per heavy atom. The van der Waals surface area contributed by atoms with Gasteiger partial charge in [0, 0.05) is 28.5 Å². The van der Waals surface area contributed by atoms with Gasteiger partial charge in [-0.2, -0.15) is 0 Å². The third-order valence-electron chi connectivity index (χ3n) is 5.03. The van der Waals surface area contributed by atoms with Gasteiger partial charge < -0.3 is 14.9 Å². The Morgan fingerprint density at radius 2 is 1.12 bits per heavy atom. The summed E-state index contributed by atoms with van der Waals surface area (Å²) in [5.74, 6) is 2.54. The first kappa shape index (κ1) is 21.8. The molecular weight excluding hydrogens is 410 g/mol. The van der Waals surface area contributed by atoms with Gasteiger partial charge >= 0.3 is 0 Å². The lowest BCUT2D eigenvalue weighted by Crippen LogP contribution is -2.01. The summed E-state index contributed by atoms with van der Waals surface area (Å²) < 4.78 is 11.9. The van der Waals surface area contributed by atoms with Crippen molar-refractivity contribution in [3.8, 4) is 23.0 Å². The number of carbonyl (C=O) groups excluding carboxylic acids is 1. The van der Waals surface area contributed by atoms with Gasteiger partial charge in [0.25, 0.3) is 0 Å². The minimum Gasteiger partial charge on any atom is -0.457 e. The number of ether oxygens (including phenoxy) is 2. The molecule has 0 aliphatic heterocycles. The molecule has 0 heterocycles. The molecule has 0 aromatic heterocycles. The fraction of sp³-hybridized carbons (Fsp3) is 0.0345. The Labute approximate surface area is 193 Å². The van der Waals surface area contributed by atoms with E-state index in [-0.39, 0.29) is 5.78 Å². The van der Waals surface area contributed by atoms with Gasteiger partial charge in [-0.1, -0.05) is 42.5 Å². The molecule has 0 atom stereocenters. The lowest BCUT2D eigenvalue weighted by molar-refractivity contribution is 0.103. The number of ketones is 1. The molecule has 162 valence electrons. The summed E-state index contributed by atoms with van der Waals surface area (Å²) in [7, 11) is 0. The molecule has 0 radical (unpaired) electrons. The summed E-state index contributed by atoms with van der Waals surface area (Å²) in [4.78, 5) is 12.9. The fourth-order valence-electron chi connectivity index (χ4n) is 3.35.